The zero-order chi connectivity index (χ0) is 10.6. The first kappa shape index (κ1) is 9.98. The van der Waals surface area contributed by atoms with E-state index in [0.717, 1.165) is 5.56 Å². The SMILES string of the molecule is NC(=O)C=Cc1ccc(C(=O)O)cc1. The third-order valence-electron chi connectivity index (χ3n) is 1.60. The second kappa shape index (κ2) is 4.23. The fourth-order valence-corrected chi connectivity index (χ4v) is 0.915. The number of aromatic carboxylic acids is 1. The molecule has 1 aromatic carbocycles. The molecule has 0 saturated carbocycles. The maximum absolute atomic E-state index is 10.5. The summed E-state index contributed by atoms with van der Waals surface area (Å²) in [6.07, 6.45) is 2.74. The van der Waals surface area contributed by atoms with E-state index in [0.29, 0.717) is 0 Å². The number of carboxylic acid groups (broad SMARTS) is 1. The summed E-state index contributed by atoms with van der Waals surface area (Å²) in [5.41, 5.74) is 5.84. The normalized spacial score (nSPS) is 10.3. The van der Waals surface area contributed by atoms with Gasteiger partial charge in [0.1, 0.15) is 0 Å². The molecule has 0 aliphatic heterocycles. The minimum atomic E-state index is -0.976. The lowest BCUT2D eigenvalue weighted by atomic mass is 10.1. The molecule has 0 bridgehead atoms. The highest BCUT2D eigenvalue weighted by atomic mass is 16.4. The zero-order valence-corrected chi connectivity index (χ0v) is 7.31. The number of benzene rings is 1. The van der Waals surface area contributed by atoms with Gasteiger partial charge in [0.25, 0.3) is 0 Å². The minimum Gasteiger partial charge on any atom is -0.478 e. The van der Waals surface area contributed by atoms with Gasteiger partial charge in [-0.1, -0.05) is 12.1 Å². The number of carbonyl (C=O) groups excluding carboxylic acids is 1. The van der Waals surface area contributed by atoms with Crippen molar-refractivity contribution in [3.8, 4) is 0 Å². The van der Waals surface area contributed by atoms with E-state index in [1.807, 2.05) is 0 Å². The molecule has 1 rings (SSSR count). The highest BCUT2D eigenvalue weighted by molar-refractivity contribution is 5.91. The zero-order valence-electron chi connectivity index (χ0n) is 7.31. The maximum atomic E-state index is 10.5. The van der Waals surface area contributed by atoms with E-state index >= 15 is 0 Å². The number of nitrogens with two attached hydrogens (primary N) is 1. The second-order valence-corrected chi connectivity index (χ2v) is 2.66. The Morgan fingerprint density at radius 2 is 1.79 bits per heavy atom. The van der Waals surface area contributed by atoms with Crippen molar-refractivity contribution in [1.82, 2.24) is 0 Å². The topological polar surface area (TPSA) is 80.4 Å². The molecule has 4 nitrogen and oxygen atoms in total. The van der Waals surface area contributed by atoms with Crippen molar-refractivity contribution in [3.05, 3.63) is 41.5 Å². The fraction of sp³-hybridized carbons (Fsp3) is 0. The molecule has 0 spiro atoms. The van der Waals surface area contributed by atoms with Crippen molar-refractivity contribution in [2.45, 2.75) is 0 Å². The molecule has 0 heterocycles. The number of primary amides is 1. The Kier molecular flexibility index (Phi) is 3.01. The standard InChI is InChI=1S/C10H9NO3/c11-9(12)6-3-7-1-4-8(5-2-7)10(13)14/h1-6H,(H2,11,12)(H,13,14). The van der Waals surface area contributed by atoms with Gasteiger partial charge in [-0.25, -0.2) is 4.79 Å². The van der Waals surface area contributed by atoms with E-state index in [9.17, 15) is 9.59 Å². The maximum Gasteiger partial charge on any atom is 0.335 e. The van der Waals surface area contributed by atoms with Crippen LogP contribution in [0.2, 0.25) is 0 Å². The summed E-state index contributed by atoms with van der Waals surface area (Å²) in [6.45, 7) is 0. The van der Waals surface area contributed by atoms with Crippen molar-refractivity contribution in [3.63, 3.8) is 0 Å². The van der Waals surface area contributed by atoms with Gasteiger partial charge in [-0.3, -0.25) is 4.79 Å². The molecule has 0 aliphatic rings. The lowest BCUT2D eigenvalue weighted by Gasteiger charge is -1.94. The Morgan fingerprint density at radius 1 is 1.21 bits per heavy atom. The van der Waals surface area contributed by atoms with E-state index in [-0.39, 0.29) is 5.56 Å². The van der Waals surface area contributed by atoms with Crippen LogP contribution in [0.5, 0.6) is 0 Å². The van der Waals surface area contributed by atoms with Crippen LogP contribution >= 0.6 is 0 Å². The predicted octanol–water partition coefficient (Wildman–Crippen LogP) is 0.883. The van der Waals surface area contributed by atoms with E-state index in [2.05, 4.69) is 0 Å². The van der Waals surface area contributed by atoms with Crippen molar-refractivity contribution >= 4 is 18.0 Å². The van der Waals surface area contributed by atoms with Crippen LogP contribution in [0.1, 0.15) is 15.9 Å². The first-order valence-corrected chi connectivity index (χ1v) is 3.90. The number of hydrogen-bond donors (Lipinski definition) is 2. The highest BCUT2D eigenvalue weighted by Crippen LogP contribution is 2.05. The second-order valence-electron chi connectivity index (χ2n) is 2.66. The summed E-state index contributed by atoms with van der Waals surface area (Å²) in [6, 6.07) is 6.12. The van der Waals surface area contributed by atoms with Crippen LogP contribution in [-0.2, 0) is 4.79 Å². The first-order chi connectivity index (χ1) is 6.59. The molecule has 0 saturated heterocycles. The number of amides is 1. The highest BCUT2D eigenvalue weighted by Gasteiger charge is 1.99. The summed E-state index contributed by atoms with van der Waals surface area (Å²) in [5, 5.41) is 8.60. The van der Waals surface area contributed by atoms with Crippen LogP contribution in [0, 0.1) is 0 Å². The van der Waals surface area contributed by atoms with Gasteiger partial charge in [-0.15, -0.1) is 0 Å². The summed E-state index contributed by atoms with van der Waals surface area (Å²) < 4.78 is 0. The fourth-order valence-electron chi connectivity index (χ4n) is 0.915. The van der Waals surface area contributed by atoms with Gasteiger partial charge in [-0.2, -0.15) is 0 Å². The number of hydrogen-bond acceptors (Lipinski definition) is 2. The van der Waals surface area contributed by atoms with Gasteiger partial charge in [0, 0.05) is 6.08 Å². The van der Waals surface area contributed by atoms with Crippen LogP contribution in [-0.4, -0.2) is 17.0 Å². The van der Waals surface area contributed by atoms with Crippen LogP contribution in [0.25, 0.3) is 6.08 Å². The van der Waals surface area contributed by atoms with Crippen LogP contribution in [0.3, 0.4) is 0 Å². The van der Waals surface area contributed by atoms with Crippen LogP contribution < -0.4 is 5.73 Å². The number of rotatable bonds is 3. The summed E-state index contributed by atoms with van der Waals surface area (Å²) in [5.74, 6) is -1.51. The molecular weight excluding hydrogens is 182 g/mol. The molecule has 14 heavy (non-hydrogen) atoms. The number of carboxylic acids is 1. The third-order valence-corrected chi connectivity index (χ3v) is 1.60. The van der Waals surface area contributed by atoms with Crippen LogP contribution in [0.15, 0.2) is 30.3 Å². The third kappa shape index (κ3) is 2.75. The van der Waals surface area contributed by atoms with E-state index in [4.69, 9.17) is 10.8 Å². The lowest BCUT2D eigenvalue weighted by Crippen LogP contribution is -2.05. The van der Waals surface area contributed by atoms with Crippen molar-refractivity contribution in [1.29, 1.82) is 0 Å². The molecule has 0 atom stereocenters. The summed E-state index contributed by atoms with van der Waals surface area (Å²) in [7, 11) is 0. The van der Waals surface area contributed by atoms with Gasteiger partial charge in [0.2, 0.25) is 5.91 Å². The molecule has 0 aliphatic carbocycles. The van der Waals surface area contributed by atoms with Crippen molar-refractivity contribution in [2.75, 3.05) is 0 Å². The first-order valence-electron chi connectivity index (χ1n) is 3.90. The smallest absolute Gasteiger partial charge is 0.335 e. The molecule has 0 fully saturated rings. The molecule has 0 radical (unpaired) electrons. The van der Waals surface area contributed by atoms with Gasteiger partial charge >= 0.3 is 5.97 Å². The minimum absolute atomic E-state index is 0.209. The molecule has 3 N–H and O–H groups in total. The quantitative estimate of drug-likeness (QED) is 0.696. The Morgan fingerprint density at radius 3 is 2.21 bits per heavy atom. The molecule has 1 amide bonds. The van der Waals surface area contributed by atoms with E-state index in [1.54, 1.807) is 12.1 Å². The molecule has 72 valence electrons. The van der Waals surface area contributed by atoms with Crippen molar-refractivity contribution < 1.29 is 14.7 Å². The predicted molar refractivity (Wildman–Crippen MR) is 51.6 cm³/mol. The largest absolute Gasteiger partial charge is 0.478 e. The van der Waals surface area contributed by atoms with Gasteiger partial charge in [0.05, 0.1) is 5.56 Å². The summed E-state index contributed by atoms with van der Waals surface area (Å²) >= 11 is 0. The van der Waals surface area contributed by atoms with Gasteiger partial charge < -0.3 is 10.8 Å². The average Bonchev–Trinajstić information content (AvgIpc) is 2.15. The molecule has 0 unspecified atom stereocenters. The van der Waals surface area contributed by atoms with Gasteiger partial charge in [-0.05, 0) is 23.8 Å². The molecule has 4 heteroatoms. The molecule has 1 aromatic rings. The molecule has 0 aromatic heterocycles. The van der Waals surface area contributed by atoms with E-state index in [1.165, 1.54) is 24.3 Å². The summed E-state index contributed by atoms with van der Waals surface area (Å²) in [4.78, 5) is 20.9. The van der Waals surface area contributed by atoms with E-state index < -0.39 is 11.9 Å². The van der Waals surface area contributed by atoms with Gasteiger partial charge in [0.15, 0.2) is 0 Å². The Balaban J connectivity index is 2.83. The Hall–Kier alpha value is -2.10. The Bertz CT molecular complexity index is 379. The number of carbonyl (C=O) groups is 2. The Labute approximate surface area is 80.7 Å². The molecular formula is C10H9NO3. The monoisotopic (exact) mass is 191 g/mol. The lowest BCUT2D eigenvalue weighted by molar-refractivity contribution is -0.113. The average molecular weight is 191 g/mol. The van der Waals surface area contributed by atoms with Crippen LogP contribution in [0.4, 0.5) is 0 Å². The van der Waals surface area contributed by atoms with Crippen molar-refractivity contribution in [2.24, 2.45) is 5.73 Å².